The summed E-state index contributed by atoms with van der Waals surface area (Å²) in [5.74, 6) is 1.10. The highest BCUT2D eigenvalue weighted by atomic mass is 16.6. The quantitative estimate of drug-likeness (QED) is 0.642. The first-order valence-corrected chi connectivity index (χ1v) is 7.94. The first kappa shape index (κ1) is 15.6. The molecule has 0 spiro atoms. The van der Waals surface area contributed by atoms with E-state index in [1.54, 1.807) is 18.2 Å². The maximum atomic E-state index is 12.1. The zero-order chi connectivity index (χ0) is 16.4. The number of hydrogen-bond donors (Lipinski definition) is 1. The van der Waals surface area contributed by atoms with Gasteiger partial charge in [0.1, 0.15) is 5.69 Å². The van der Waals surface area contributed by atoms with Crippen LogP contribution in [0.3, 0.4) is 0 Å². The van der Waals surface area contributed by atoms with Gasteiger partial charge in [0.15, 0.2) is 5.75 Å². The summed E-state index contributed by atoms with van der Waals surface area (Å²) in [6, 6.07) is 4.99. The molecule has 2 fully saturated rings. The predicted octanol–water partition coefficient (Wildman–Crippen LogP) is 2.27. The molecule has 0 aromatic heterocycles. The van der Waals surface area contributed by atoms with Gasteiger partial charge in [0.25, 0.3) is 0 Å². The van der Waals surface area contributed by atoms with Gasteiger partial charge in [-0.3, -0.25) is 14.9 Å². The molecule has 1 aromatic carbocycles. The maximum absolute atomic E-state index is 12.1. The fourth-order valence-electron chi connectivity index (χ4n) is 3.06. The molecule has 23 heavy (non-hydrogen) atoms. The van der Waals surface area contributed by atoms with Gasteiger partial charge < -0.3 is 15.0 Å². The van der Waals surface area contributed by atoms with E-state index >= 15 is 0 Å². The highest BCUT2D eigenvalue weighted by Crippen LogP contribution is 2.35. The fraction of sp³-hybridized carbons (Fsp3) is 0.562. The second-order valence-electron chi connectivity index (χ2n) is 6.21. The molecule has 7 nitrogen and oxygen atoms in total. The first-order chi connectivity index (χ1) is 11.1. The molecule has 1 heterocycles. The van der Waals surface area contributed by atoms with Gasteiger partial charge in [0.05, 0.1) is 12.0 Å². The summed E-state index contributed by atoms with van der Waals surface area (Å²) in [5.41, 5.74) is 0.417. The molecular formula is C16H21N3O4. The van der Waals surface area contributed by atoms with Crippen molar-refractivity contribution in [2.24, 2.45) is 11.8 Å². The van der Waals surface area contributed by atoms with E-state index < -0.39 is 4.92 Å². The number of nitro benzene ring substituents is 1. The number of nitrogens with zero attached hydrogens (tertiary/aromatic N) is 2. The number of hydrogen-bond acceptors (Lipinski definition) is 5. The Hall–Kier alpha value is -2.31. The predicted molar refractivity (Wildman–Crippen MR) is 85.5 cm³/mol. The molecule has 124 valence electrons. The van der Waals surface area contributed by atoms with Crippen molar-refractivity contribution in [3.63, 3.8) is 0 Å². The molecule has 0 radical (unpaired) electrons. The topological polar surface area (TPSA) is 84.7 Å². The van der Waals surface area contributed by atoms with Gasteiger partial charge in [-0.1, -0.05) is 6.07 Å². The molecule has 7 heteroatoms. The average molecular weight is 319 g/mol. The molecule has 1 saturated heterocycles. The monoisotopic (exact) mass is 319 g/mol. The Labute approximate surface area is 134 Å². The number of nitrogens with one attached hydrogen (secondary N) is 1. The SMILES string of the molecule is COc1cccc(NC[C@@H]2CCN(C(=O)C3CC3)C2)c1[N+](=O)[O-]. The van der Waals surface area contributed by atoms with Crippen molar-refractivity contribution < 1.29 is 14.5 Å². The number of likely N-dealkylation sites (tertiary alicyclic amines) is 1. The molecule has 3 rings (SSSR count). The Morgan fingerprint density at radius 2 is 2.22 bits per heavy atom. The highest BCUT2D eigenvalue weighted by Gasteiger charge is 2.36. The number of methoxy groups -OCH3 is 1. The van der Waals surface area contributed by atoms with Crippen LogP contribution in [0.2, 0.25) is 0 Å². The number of para-hydroxylation sites is 1. The van der Waals surface area contributed by atoms with Crippen LogP contribution in [0.1, 0.15) is 19.3 Å². The van der Waals surface area contributed by atoms with Crippen LogP contribution >= 0.6 is 0 Å². The zero-order valence-electron chi connectivity index (χ0n) is 13.2. The van der Waals surface area contributed by atoms with Crippen LogP contribution in [0.4, 0.5) is 11.4 Å². The van der Waals surface area contributed by atoms with Crippen molar-refractivity contribution in [3.8, 4) is 5.75 Å². The third-order valence-electron chi connectivity index (χ3n) is 4.51. The summed E-state index contributed by atoms with van der Waals surface area (Å²) in [6.45, 7) is 2.14. The van der Waals surface area contributed by atoms with Crippen molar-refractivity contribution in [1.82, 2.24) is 4.90 Å². The zero-order valence-corrected chi connectivity index (χ0v) is 13.2. The van der Waals surface area contributed by atoms with Gasteiger partial charge in [-0.25, -0.2) is 0 Å². The Morgan fingerprint density at radius 3 is 2.87 bits per heavy atom. The van der Waals surface area contributed by atoms with E-state index in [2.05, 4.69) is 5.32 Å². The summed E-state index contributed by atoms with van der Waals surface area (Å²) in [6.07, 6.45) is 2.98. The van der Waals surface area contributed by atoms with E-state index in [9.17, 15) is 14.9 Å². The number of rotatable bonds is 6. The molecule has 1 saturated carbocycles. The van der Waals surface area contributed by atoms with E-state index in [1.807, 2.05) is 4.90 Å². The molecule has 1 amide bonds. The number of anilines is 1. The minimum absolute atomic E-state index is 0.0427. The normalized spacial score (nSPS) is 20.4. The van der Waals surface area contributed by atoms with Crippen LogP contribution in [-0.4, -0.2) is 42.5 Å². The third-order valence-corrected chi connectivity index (χ3v) is 4.51. The van der Waals surface area contributed by atoms with Crippen molar-refractivity contribution in [2.45, 2.75) is 19.3 Å². The van der Waals surface area contributed by atoms with Gasteiger partial charge >= 0.3 is 5.69 Å². The van der Waals surface area contributed by atoms with Crippen LogP contribution in [0.5, 0.6) is 5.75 Å². The van der Waals surface area contributed by atoms with Crippen LogP contribution in [-0.2, 0) is 4.79 Å². The number of carbonyl (C=O) groups is 1. The van der Waals surface area contributed by atoms with Gasteiger partial charge in [0.2, 0.25) is 5.91 Å². The fourth-order valence-corrected chi connectivity index (χ4v) is 3.06. The number of amides is 1. The lowest BCUT2D eigenvalue weighted by atomic mass is 10.1. The minimum Gasteiger partial charge on any atom is -0.490 e. The highest BCUT2D eigenvalue weighted by molar-refractivity contribution is 5.81. The summed E-state index contributed by atoms with van der Waals surface area (Å²) in [7, 11) is 1.42. The Bertz CT molecular complexity index is 615. The van der Waals surface area contributed by atoms with Crippen molar-refractivity contribution in [3.05, 3.63) is 28.3 Å². The molecule has 2 aliphatic rings. The van der Waals surface area contributed by atoms with Gasteiger partial charge in [-0.2, -0.15) is 0 Å². The van der Waals surface area contributed by atoms with Crippen molar-refractivity contribution in [2.75, 3.05) is 32.1 Å². The van der Waals surface area contributed by atoms with Crippen LogP contribution in [0.25, 0.3) is 0 Å². The molecule has 1 aliphatic carbocycles. The number of carbonyl (C=O) groups excluding carboxylic acids is 1. The minimum atomic E-state index is -0.432. The van der Waals surface area contributed by atoms with Crippen molar-refractivity contribution in [1.29, 1.82) is 0 Å². The van der Waals surface area contributed by atoms with Gasteiger partial charge in [0, 0.05) is 25.6 Å². The maximum Gasteiger partial charge on any atom is 0.333 e. The summed E-state index contributed by atoms with van der Waals surface area (Å²) >= 11 is 0. The van der Waals surface area contributed by atoms with E-state index in [-0.39, 0.29) is 23.3 Å². The Kier molecular flexibility index (Phi) is 4.36. The number of ether oxygens (including phenoxy) is 1. The molecule has 1 atom stereocenters. The number of benzene rings is 1. The van der Waals surface area contributed by atoms with E-state index in [4.69, 9.17) is 4.74 Å². The molecule has 1 N–H and O–H groups in total. The smallest absolute Gasteiger partial charge is 0.333 e. The standard InChI is InChI=1S/C16H21N3O4/c1-23-14-4-2-3-13(15(14)19(21)22)17-9-11-7-8-18(10-11)16(20)12-5-6-12/h2-4,11-12,17H,5-10H2,1H3/t11-/m0/s1. The Morgan fingerprint density at radius 1 is 1.43 bits per heavy atom. The number of nitro groups is 1. The molecule has 0 bridgehead atoms. The van der Waals surface area contributed by atoms with Gasteiger partial charge in [-0.15, -0.1) is 0 Å². The lowest BCUT2D eigenvalue weighted by Gasteiger charge is -2.17. The van der Waals surface area contributed by atoms with E-state index in [1.165, 1.54) is 7.11 Å². The average Bonchev–Trinajstić information content (AvgIpc) is 3.29. The first-order valence-electron chi connectivity index (χ1n) is 7.94. The second kappa shape index (κ2) is 6.44. The van der Waals surface area contributed by atoms with E-state index in [0.29, 0.717) is 18.2 Å². The molecule has 0 unspecified atom stereocenters. The van der Waals surface area contributed by atoms with E-state index in [0.717, 1.165) is 32.4 Å². The summed E-state index contributed by atoms with van der Waals surface area (Å²) < 4.78 is 5.07. The summed E-state index contributed by atoms with van der Waals surface area (Å²) in [5, 5.41) is 14.4. The lowest BCUT2D eigenvalue weighted by Crippen LogP contribution is -2.30. The third kappa shape index (κ3) is 3.38. The van der Waals surface area contributed by atoms with Crippen molar-refractivity contribution >= 4 is 17.3 Å². The van der Waals surface area contributed by atoms with Crippen LogP contribution in [0, 0.1) is 22.0 Å². The molecule has 1 aliphatic heterocycles. The Balaban J connectivity index is 1.60. The lowest BCUT2D eigenvalue weighted by molar-refractivity contribution is -0.384. The molecular weight excluding hydrogens is 298 g/mol. The van der Waals surface area contributed by atoms with Crippen LogP contribution < -0.4 is 10.1 Å². The second-order valence-corrected chi connectivity index (χ2v) is 6.21. The van der Waals surface area contributed by atoms with Gasteiger partial charge in [-0.05, 0) is 37.3 Å². The molecule has 1 aromatic rings. The largest absolute Gasteiger partial charge is 0.490 e. The van der Waals surface area contributed by atoms with Crippen LogP contribution in [0.15, 0.2) is 18.2 Å². The summed E-state index contributed by atoms with van der Waals surface area (Å²) in [4.78, 5) is 24.8.